The molecule has 0 saturated heterocycles. The number of rotatable bonds is 6. The van der Waals surface area contributed by atoms with Crippen molar-refractivity contribution in [3.8, 4) is 11.5 Å². The maximum atomic E-state index is 11.7. The molecule has 0 fully saturated rings. The zero-order valence-electron chi connectivity index (χ0n) is 12.4. The largest absolute Gasteiger partial charge is 0.507 e. The lowest BCUT2D eigenvalue weighted by Gasteiger charge is -2.09. The quantitative estimate of drug-likeness (QED) is 0.560. The minimum absolute atomic E-state index is 0.0270. The second kappa shape index (κ2) is 8.05. The SMILES string of the molecule is COc1ccccc1NCC(=O)N/N=C/c1cc(Cl)ccc1O. The molecule has 0 bridgehead atoms. The first-order valence-corrected chi connectivity index (χ1v) is 7.15. The number of methoxy groups -OCH3 is 1. The first-order valence-electron chi connectivity index (χ1n) is 6.77. The predicted molar refractivity (Wildman–Crippen MR) is 90.3 cm³/mol. The number of hydrogen-bond acceptors (Lipinski definition) is 5. The molecule has 0 unspecified atom stereocenters. The molecule has 0 heterocycles. The van der Waals surface area contributed by atoms with Gasteiger partial charge in [0, 0.05) is 10.6 Å². The monoisotopic (exact) mass is 333 g/mol. The lowest BCUT2D eigenvalue weighted by Crippen LogP contribution is -2.26. The number of hydrazone groups is 1. The number of phenolic OH excluding ortho intramolecular Hbond substituents is 1. The summed E-state index contributed by atoms with van der Waals surface area (Å²) in [5, 5.41) is 16.8. The minimum atomic E-state index is -0.339. The number of phenols is 1. The molecule has 23 heavy (non-hydrogen) atoms. The molecule has 0 aliphatic heterocycles. The molecule has 6 nitrogen and oxygen atoms in total. The minimum Gasteiger partial charge on any atom is -0.507 e. The fourth-order valence-corrected chi connectivity index (χ4v) is 1.99. The number of ether oxygens (including phenoxy) is 1. The standard InChI is InChI=1S/C16H16ClN3O3/c1-23-15-5-3-2-4-13(15)18-10-16(22)20-19-9-11-8-12(17)6-7-14(11)21/h2-9,18,21H,10H2,1H3,(H,20,22)/b19-9+. The molecule has 0 atom stereocenters. The Morgan fingerprint density at radius 1 is 1.35 bits per heavy atom. The zero-order chi connectivity index (χ0) is 16.7. The number of nitrogens with zero attached hydrogens (tertiary/aromatic N) is 1. The average molecular weight is 334 g/mol. The Morgan fingerprint density at radius 3 is 2.91 bits per heavy atom. The Kier molecular flexibility index (Phi) is 5.82. The van der Waals surface area contributed by atoms with E-state index < -0.39 is 0 Å². The van der Waals surface area contributed by atoms with E-state index >= 15 is 0 Å². The maximum absolute atomic E-state index is 11.7. The Morgan fingerprint density at radius 2 is 2.13 bits per heavy atom. The van der Waals surface area contributed by atoms with Gasteiger partial charge in [0.1, 0.15) is 11.5 Å². The van der Waals surface area contributed by atoms with E-state index in [1.807, 2.05) is 12.1 Å². The van der Waals surface area contributed by atoms with Gasteiger partial charge in [0.15, 0.2) is 0 Å². The molecular formula is C16H16ClN3O3. The lowest BCUT2D eigenvalue weighted by atomic mass is 10.2. The molecule has 2 aromatic carbocycles. The van der Waals surface area contributed by atoms with Crippen molar-refractivity contribution in [3.63, 3.8) is 0 Å². The summed E-state index contributed by atoms with van der Waals surface area (Å²) < 4.78 is 5.18. The summed E-state index contributed by atoms with van der Waals surface area (Å²) in [6.45, 7) is 0.0270. The molecule has 0 aliphatic carbocycles. The van der Waals surface area contributed by atoms with Gasteiger partial charge in [-0.2, -0.15) is 5.10 Å². The first-order chi connectivity index (χ1) is 11.1. The molecule has 0 aliphatic rings. The van der Waals surface area contributed by atoms with Gasteiger partial charge in [-0.25, -0.2) is 5.43 Å². The fourth-order valence-electron chi connectivity index (χ4n) is 1.81. The van der Waals surface area contributed by atoms with Gasteiger partial charge in [-0.05, 0) is 30.3 Å². The molecule has 1 amide bonds. The number of benzene rings is 2. The van der Waals surface area contributed by atoms with Crippen molar-refractivity contribution in [2.75, 3.05) is 19.0 Å². The summed E-state index contributed by atoms with van der Waals surface area (Å²) in [6.07, 6.45) is 1.32. The van der Waals surface area contributed by atoms with E-state index in [-0.39, 0.29) is 18.2 Å². The number of nitrogens with one attached hydrogen (secondary N) is 2. The topological polar surface area (TPSA) is 83.0 Å². The molecular weight excluding hydrogens is 318 g/mol. The van der Waals surface area contributed by atoms with E-state index in [1.165, 1.54) is 12.3 Å². The second-order valence-corrected chi connectivity index (χ2v) is 4.99. The summed E-state index contributed by atoms with van der Waals surface area (Å²) in [5.74, 6) is 0.334. The number of para-hydroxylation sites is 2. The summed E-state index contributed by atoms with van der Waals surface area (Å²) in [5.41, 5.74) is 3.48. The summed E-state index contributed by atoms with van der Waals surface area (Å²) in [7, 11) is 1.56. The molecule has 0 spiro atoms. The van der Waals surface area contributed by atoms with Crippen LogP contribution in [0.1, 0.15) is 5.56 Å². The molecule has 2 rings (SSSR count). The Balaban J connectivity index is 1.88. The molecule has 120 valence electrons. The normalized spacial score (nSPS) is 10.5. The molecule has 7 heteroatoms. The number of halogens is 1. The number of hydrogen-bond donors (Lipinski definition) is 3. The maximum Gasteiger partial charge on any atom is 0.259 e. The van der Waals surface area contributed by atoms with Crippen molar-refractivity contribution in [2.45, 2.75) is 0 Å². The van der Waals surface area contributed by atoms with Crippen LogP contribution in [0.15, 0.2) is 47.6 Å². The van der Waals surface area contributed by atoms with Gasteiger partial charge in [-0.15, -0.1) is 0 Å². The van der Waals surface area contributed by atoms with Crippen molar-refractivity contribution in [3.05, 3.63) is 53.1 Å². The number of carbonyl (C=O) groups is 1. The van der Waals surface area contributed by atoms with Gasteiger partial charge < -0.3 is 15.2 Å². The molecule has 0 radical (unpaired) electrons. The highest BCUT2D eigenvalue weighted by Gasteiger charge is 2.04. The van der Waals surface area contributed by atoms with Crippen molar-refractivity contribution in [1.82, 2.24) is 5.43 Å². The second-order valence-electron chi connectivity index (χ2n) is 4.55. The van der Waals surface area contributed by atoms with Crippen molar-refractivity contribution in [1.29, 1.82) is 0 Å². The number of aromatic hydroxyl groups is 1. The van der Waals surface area contributed by atoms with Gasteiger partial charge in [-0.3, -0.25) is 4.79 Å². The average Bonchev–Trinajstić information content (AvgIpc) is 2.56. The fraction of sp³-hybridized carbons (Fsp3) is 0.125. The Hall–Kier alpha value is -2.73. The third-order valence-electron chi connectivity index (χ3n) is 2.93. The van der Waals surface area contributed by atoms with Crippen LogP contribution >= 0.6 is 11.6 Å². The van der Waals surface area contributed by atoms with E-state index in [0.29, 0.717) is 22.0 Å². The van der Waals surface area contributed by atoms with E-state index in [4.69, 9.17) is 16.3 Å². The van der Waals surface area contributed by atoms with Crippen LogP contribution in [0.4, 0.5) is 5.69 Å². The van der Waals surface area contributed by atoms with Crippen LogP contribution in [-0.4, -0.2) is 30.9 Å². The predicted octanol–water partition coefficient (Wildman–Crippen LogP) is 2.62. The summed E-state index contributed by atoms with van der Waals surface area (Å²) in [4.78, 5) is 11.7. The van der Waals surface area contributed by atoms with Crippen LogP contribution in [0.3, 0.4) is 0 Å². The Labute approximate surface area is 138 Å². The zero-order valence-corrected chi connectivity index (χ0v) is 13.2. The van der Waals surface area contributed by atoms with Gasteiger partial charge in [0.2, 0.25) is 0 Å². The van der Waals surface area contributed by atoms with Crippen LogP contribution in [-0.2, 0) is 4.79 Å². The van der Waals surface area contributed by atoms with Gasteiger partial charge >= 0.3 is 0 Å². The highest BCUT2D eigenvalue weighted by atomic mass is 35.5. The molecule has 0 aromatic heterocycles. The number of carbonyl (C=O) groups excluding carboxylic acids is 1. The number of amides is 1. The smallest absolute Gasteiger partial charge is 0.259 e. The van der Waals surface area contributed by atoms with E-state index in [2.05, 4.69) is 15.8 Å². The third kappa shape index (κ3) is 4.89. The highest BCUT2D eigenvalue weighted by molar-refractivity contribution is 6.30. The van der Waals surface area contributed by atoms with Crippen molar-refractivity contribution in [2.24, 2.45) is 5.10 Å². The van der Waals surface area contributed by atoms with E-state index in [9.17, 15) is 9.90 Å². The van der Waals surface area contributed by atoms with Crippen LogP contribution in [0.25, 0.3) is 0 Å². The van der Waals surface area contributed by atoms with Crippen LogP contribution in [0, 0.1) is 0 Å². The summed E-state index contributed by atoms with van der Waals surface area (Å²) >= 11 is 5.82. The van der Waals surface area contributed by atoms with Crippen LogP contribution in [0.2, 0.25) is 5.02 Å². The highest BCUT2D eigenvalue weighted by Crippen LogP contribution is 2.22. The first kappa shape index (κ1) is 16.6. The van der Waals surface area contributed by atoms with E-state index in [0.717, 1.165) is 0 Å². The number of anilines is 1. The van der Waals surface area contributed by atoms with E-state index in [1.54, 1.807) is 31.4 Å². The Bertz CT molecular complexity index is 719. The third-order valence-corrected chi connectivity index (χ3v) is 3.16. The lowest BCUT2D eigenvalue weighted by molar-refractivity contribution is -0.119. The molecule has 2 aromatic rings. The van der Waals surface area contributed by atoms with Crippen molar-refractivity contribution >= 4 is 29.4 Å². The van der Waals surface area contributed by atoms with Gasteiger partial charge in [-0.1, -0.05) is 23.7 Å². The van der Waals surface area contributed by atoms with Crippen LogP contribution in [0.5, 0.6) is 11.5 Å². The summed E-state index contributed by atoms with van der Waals surface area (Å²) in [6, 6.07) is 11.8. The molecule has 3 N–H and O–H groups in total. The van der Waals surface area contributed by atoms with Crippen molar-refractivity contribution < 1.29 is 14.6 Å². The van der Waals surface area contributed by atoms with Gasteiger partial charge in [0.05, 0.1) is 25.6 Å². The molecule has 0 saturated carbocycles. The van der Waals surface area contributed by atoms with Gasteiger partial charge in [0.25, 0.3) is 5.91 Å². The van der Waals surface area contributed by atoms with Crippen LogP contribution < -0.4 is 15.5 Å².